The van der Waals surface area contributed by atoms with Gasteiger partial charge in [-0.3, -0.25) is 14.9 Å². The number of hydrogen-bond acceptors (Lipinski definition) is 6. The number of nitrogens with one attached hydrogen (secondary N) is 1. The van der Waals surface area contributed by atoms with Crippen molar-refractivity contribution in [2.45, 2.75) is 6.92 Å². The molecule has 0 aliphatic carbocycles. The molecular weight excluding hydrogens is 422 g/mol. The Bertz CT molecular complexity index is 1330. The third-order valence-electron chi connectivity index (χ3n) is 4.64. The number of halogens is 1. The zero-order valence-electron chi connectivity index (χ0n) is 16.5. The maximum absolute atomic E-state index is 12.7. The smallest absolute Gasteiger partial charge is 0.311 e. The highest BCUT2D eigenvalue weighted by atomic mass is 35.5. The van der Waals surface area contributed by atoms with Gasteiger partial charge in [0.2, 0.25) is 5.89 Å². The summed E-state index contributed by atoms with van der Waals surface area (Å²) in [5.74, 6) is -0.129. The standard InChI is InChI=1S/C22H16ClN3O5/c1-12-3-7-17-20(9-12)31-22(25-17)15-11-14(5-6-16(15)23)24-21(27)13-4-8-19(30-2)18(10-13)26(28)29/h3-11H,1-2H3,(H,24,27). The number of nitrogens with zero attached hydrogens (tertiary/aromatic N) is 2. The van der Waals surface area contributed by atoms with E-state index in [1.807, 2.05) is 25.1 Å². The summed E-state index contributed by atoms with van der Waals surface area (Å²) in [6.45, 7) is 1.95. The SMILES string of the molecule is COc1ccc(C(=O)Nc2ccc(Cl)c(-c3nc4ccc(C)cc4o3)c2)cc1[N+](=O)[O-]. The summed E-state index contributed by atoms with van der Waals surface area (Å²) in [7, 11) is 1.32. The lowest BCUT2D eigenvalue weighted by atomic mass is 10.1. The molecule has 0 unspecified atom stereocenters. The molecule has 0 saturated heterocycles. The first-order chi connectivity index (χ1) is 14.9. The van der Waals surface area contributed by atoms with Gasteiger partial charge in [0.05, 0.1) is 22.6 Å². The average Bonchev–Trinajstić information content (AvgIpc) is 3.17. The monoisotopic (exact) mass is 437 g/mol. The predicted octanol–water partition coefficient (Wildman–Crippen LogP) is 5.63. The van der Waals surface area contributed by atoms with Gasteiger partial charge in [-0.2, -0.15) is 0 Å². The first-order valence-corrected chi connectivity index (χ1v) is 9.54. The Hall–Kier alpha value is -3.91. The second-order valence-corrected chi connectivity index (χ2v) is 7.19. The van der Waals surface area contributed by atoms with E-state index < -0.39 is 10.8 Å². The fraction of sp³-hybridized carbons (Fsp3) is 0.0909. The van der Waals surface area contributed by atoms with Crippen LogP contribution in [0, 0.1) is 17.0 Å². The molecule has 4 aromatic rings. The van der Waals surface area contributed by atoms with Crippen molar-refractivity contribution in [3.05, 3.63) is 80.9 Å². The van der Waals surface area contributed by atoms with Crippen LogP contribution in [-0.4, -0.2) is 22.9 Å². The molecule has 1 heterocycles. The van der Waals surface area contributed by atoms with Crippen LogP contribution in [0.5, 0.6) is 5.75 Å². The van der Waals surface area contributed by atoms with Crippen molar-refractivity contribution in [3.63, 3.8) is 0 Å². The summed E-state index contributed by atoms with van der Waals surface area (Å²) >= 11 is 6.33. The Morgan fingerprint density at radius 2 is 1.97 bits per heavy atom. The number of aromatic nitrogens is 1. The molecule has 1 aromatic heterocycles. The van der Waals surface area contributed by atoms with E-state index in [1.54, 1.807) is 18.2 Å². The number of benzene rings is 3. The maximum atomic E-state index is 12.7. The molecule has 0 atom stereocenters. The van der Waals surface area contributed by atoms with Crippen molar-refractivity contribution >= 4 is 40.0 Å². The highest BCUT2D eigenvalue weighted by molar-refractivity contribution is 6.33. The topological polar surface area (TPSA) is 108 Å². The molecule has 0 bridgehead atoms. The van der Waals surface area contributed by atoms with Gasteiger partial charge in [-0.1, -0.05) is 17.7 Å². The molecule has 1 amide bonds. The molecule has 0 radical (unpaired) electrons. The molecule has 0 saturated carbocycles. The van der Waals surface area contributed by atoms with Crippen molar-refractivity contribution < 1.29 is 18.9 Å². The zero-order valence-corrected chi connectivity index (χ0v) is 17.3. The molecular formula is C22H16ClN3O5. The number of nitro benzene ring substituents is 1. The van der Waals surface area contributed by atoms with Crippen LogP contribution in [0.2, 0.25) is 5.02 Å². The first kappa shape index (κ1) is 20.4. The predicted molar refractivity (Wildman–Crippen MR) is 117 cm³/mol. The van der Waals surface area contributed by atoms with Gasteiger partial charge in [0, 0.05) is 17.3 Å². The summed E-state index contributed by atoms with van der Waals surface area (Å²) in [5.41, 5.74) is 3.11. The van der Waals surface area contributed by atoms with Gasteiger partial charge in [-0.05, 0) is 55.0 Å². The fourth-order valence-corrected chi connectivity index (χ4v) is 3.29. The molecule has 4 rings (SSSR count). The number of rotatable bonds is 5. The molecule has 1 N–H and O–H groups in total. The highest BCUT2D eigenvalue weighted by Gasteiger charge is 2.19. The second-order valence-electron chi connectivity index (χ2n) is 6.78. The highest BCUT2D eigenvalue weighted by Crippen LogP contribution is 2.33. The number of methoxy groups -OCH3 is 1. The maximum Gasteiger partial charge on any atom is 0.311 e. The normalized spacial score (nSPS) is 10.8. The third kappa shape index (κ3) is 4.06. The molecule has 0 fully saturated rings. The van der Waals surface area contributed by atoms with Crippen LogP contribution in [0.25, 0.3) is 22.6 Å². The van der Waals surface area contributed by atoms with Gasteiger partial charge in [0.1, 0.15) is 5.52 Å². The van der Waals surface area contributed by atoms with Crippen LogP contribution in [0.15, 0.2) is 59.0 Å². The van der Waals surface area contributed by atoms with Crippen LogP contribution >= 0.6 is 11.6 Å². The lowest BCUT2D eigenvalue weighted by Gasteiger charge is -2.08. The second kappa shape index (κ2) is 8.08. The van der Waals surface area contributed by atoms with E-state index in [2.05, 4.69) is 10.3 Å². The molecule has 156 valence electrons. The van der Waals surface area contributed by atoms with E-state index in [-0.39, 0.29) is 17.0 Å². The van der Waals surface area contributed by atoms with Gasteiger partial charge in [0.25, 0.3) is 5.91 Å². The molecule has 0 aliphatic rings. The number of fused-ring (bicyclic) bond motifs is 1. The van der Waals surface area contributed by atoms with Crippen molar-refractivity contribution in [2.75, 3.05) is 12.4 Å². The van der Waals surface area contributed by atoms with Gasteiger partial charge in [-0.15, -0.1) is 0 Å². The average molecular weight is 438 g/mol. The fourth-order valence-electron chi connectivity index (χ4n) is 3.09. The van der Waals surface area contributed by atoms with E-state index in [0.717, 1.165) is 11.6 Å². The number of anilines is 1. The summed E-state index contributed by atoms with van der Waals surface area (Å²) in [5, 5.41) is 14.3. The molecule has 0 aliphatic heterocycles. The van der Waals surface area contributed by atoms with E-state index in [4.69, 9.17) is 20.8 Å². The van der Waals surface area contributed by atoms with Crippen molar-refractivity contribution in [3.8, 4) is 17.2 Å². The Morgan fingerprint density at radius 1 is 1.16 bits per heavy atom. The summed E-state index contributed by atoms with van der Waals surface area (Å²) < 4.78 is 10.8. The van der Waals surface area contributed by atoms with E-state index >= 15 is 0 Å². The van der Waals surface area contributed by atoms with Gasteiger partial charge < -0.3 is 14.5 Å². The third-order valence-corrected chi connectivity index (χ3v) is 4.97. The van der Waals surface area contributed by atoms with Gasteiger partial charge >= 0.3 is 5.69 Å². The minimum Gasteiger partial charge on any atom is -0.490 e. The Kier molecular flexibility index (Phi) is 5.31. The number of aryl methyl sites for hydroxylation is 1. The number of carbonyl (C=O) groups is 1. The van der Waals surface area contributed by atoms with E-state index in [0.29, 0.717) is 33.3 Å². The van der Waals surface area contributed by atoms with Crippen LogP contribution in [0.1, 0.15) is 15.9 Å². The van der Waals surface area contributed by atoms with Gasteiger partial charge in [-0.25, -0.2) is 4.98 Å². The molecule has 31 heavy (non-hydrogen) atoms. The Balaban J connectivity index is 1.64. The largest absolute Gasteiger partial charge is 0.490 e. The summed E-state index contributed by atoms with van der Waals surface area (Å²) in [6, 6.07) is 14.5. The lowest BCUT2D eigenvalue weighted by molar-refractivity contribution is -0.385. The van der Waals surface area contributed by atoms with Gasteiger partial charge in [0.15, 0.2) is 11.3 Å². The quantitative estimate of drug-likeness (QED) is 0.320. The number of hydrogen-bond donors (Lipinski definition) is 1. The molecule has 9 heteroatoms. The Labute approximate surface area is 181 Å². The molecule has 8 nitrogen and oxygen atoms in total. The lowest BCUT2D eigenvalue weighted by Crippen LogP contribution is -2.12. The van der Waals surface area contributed by atoms with E-state index in [1.165, 1.54) is 19.2 Å². The van der Waals surface area contributed by atoms with Crippen molar-refractivity contribution in [1.29, 1.82) is 0 Å². The van der Waals surface area contributed by atoms with E-state index in [9.17, 15) is 14.9 Å². The number of amides is 1. The number of nitro groups is 1. The molecule has 0 spiro atoms. The number of carbonyl (C=O) groups excluding carboxylic acids is 1. The number of ether oxygens (including phenoxy) is 1. The van der Waals surface area contributed by atoms with Crippen LogP contribution in [0.3, 0.4) is 0 Å². The van der Waals surface area contributed by atoms with Crippen molar-refractivity contribution in [1.82, 2.24) is 4.98 Å². The summed E-state index contributed by atoms with van der Waals surface area (Å²) in [6.07, 6.45) is 0. The minimum absolute atomic E-state index is 0.0709. The van der Waals surface area contributed by atoms with Crippen molar-refractivity contribution in [2.24, 2.45) is 0 Å². The van der Waals surface area contributed by atoms with Crippen LogP contribution in [-0.2, 0) is 0 Å². The first-order valence-electron chi connectivity index (χ1n) is 9.16. The number of oxazole rings is 1. The van der Waals surface area contributed by atoms with Crippen LogP contribution < -0.4 is 10.1 Å². The summed E-state index contributed by atoms with van der Waals surface area (Å²) in [4.78, 5) is 27.7. The Morgan fingerprint density at radius 3 is 2.71 bits per heavy atom. The zero-order chi connectivity index (χ0) is 22.1. The van der Waals surface area contributed by atoms with Crippen LogP contribution in [0.4, 0.5) is 11.4 Å². The minimum atomic E-state index is -0.606. The molecule has 3 aromatic carbocycles.